The first kappa shape index (κ1) is 25.9. The smallest absolute Gasteiger partial charge is 0.162 e. The molecular formula is C27H34ClFN6O2. The molecule has 8 nitrogen and oxygen atoms in total. The maximum atomic E-state index is 15.2. The number of aryl methyl sites for hydroxylation is 2. The van der Waals surface area contributed by atoms with Gasteiger partial charge in [0.15, 0.2) is 5.82 Å². The highest BCUT2D eigenvalue weighted by Crippen LogP contribution is 2.38. The van der Waals surface area contributed by atoms with Crippen LogP contribution in [0.15, 0.2) is 28.8 Å². The molecule has 1 saturated carbocycles. The molecule has 1 aromatic carbocycles. The first-order valence-electron chi connectivity index (χ1n) is 13.0. The van der Waals surface area contributed by atoms with Crippen LogP contribution in [0, 0.1) is 13.8 Å². The van der Waals surface area contributed by atoms with Crippen LogP contribution in [0.3, 0.4) is 0 Å². The average Bonchev–Trinajstić information content (AvgIpc) is 3.69. The number of piperidine rings is 1. The van der Waals surface area contributed by atoms with E-state index in [-0.39, 0.29) is 6.04 Å². The summed E-state index contributed by atoms with van der Waals surface area (Å²) in [6, 6.07) is 7.83. The number of halogens is 2. The first-order valence-corrected chi connectivity index (χ1v) is 13.4. The second-order valence-electron chi connectivity index (χ2n) is 9.87. The van der Waals surface area contributed by atoms with E-state index in [1.807, 2.05) is 45.2 Å². The van der Waals surface area contributed by atoms with Gasteiger partial charge in [0.1, 0.15) is 34.2 Å². The summed E-state index contributed by atoms with van der Waals surface area (Å²) >= 11 is 6.87. The predicted octanol–water partition coefficient (Wildman–Crippen LogP) is 5.04. The lowest BCUT2D eigenvalue weighted by molar-refractivity contribution is 0.120. The fourth-order valence-corrected chi connectivity index (χ4v) is 5.09. The number of nitrogens with zero attached hydrogens (tertiary/aromatic N) is 4. The van der Waals surface area contributed by atoms with E-state index in [2.05, 4.69) is 20.7 Å². The second kappa shape index (κ2) is 11.3. The van der Waals surface area contributed by atoms with Gasteiger partial charge in [0.2, 0.25) is 0 Å². The van der Waals surface area contributed by atoms with E-state index in [1.165, 1.54) is 12.8 Å². The Kier molecular flexibility index (Phi) is 7.92. The third-order valence-corrected chi connectivity index (χ3v) is 7.37. The van der Waals surface area contributed by atoms with E-state index < -0.39 is 6.17 Å². The molecule has 1 aliphatic heterocycles. The molecule has 37 heavy (non-hydrogen) atoms. The van der Waals surface area contributed by atoms with Crippen LogP contribution in [-0.2, 0) is 0 Å². The van der Waals surface area contributed by atoms with Gasteiger partial charge >= 0.3 is 0 Å². The van der Waals surface area contributed by atoms with Crippen LogP contribution in [0.2, 0.25) is 5.02 Å². The molecule has 0 radical (unpaired) electrons. The van der Waals surface area contributed by atoms with E-state index in [4.69, 9.17) is 30.8 Å². The summed E-state index contributed by atoms with van der Waals surface area (Å²) in [6.07, 6.45) is 2.91. The molecular weight excluding hydrogens is 495 g/mol. The van der Waals surface area contributed by atoms with Crippen molar-refractivity contribution in [3.8, 4) is 28.4 Å². The summed E-state index contributed by atoms with van der Waals surface area (Å²) in [7, 11) is 1.92. The molecule has 0 bridgehead atoms. The standard InChI is InChI=1S/C27H34ClFN6O2/c1-16-23(17(2)37-34-16)25-24(28)27(31-22-10-12-35(15-21(22)29)19-8-9-19)33-26(32-25)18-6-4-7-20(14-18)36-13-5-11-30-3/h4,6-7,14,19,21-22,30H,5,8-13,15H2,1-3H3,(H,31,32,33). The average molecular weight is 529 g/mol. The molecule has 1 aliphatic carbocycles. The van der Waals surface area contributed by atoms with Crippen molar-refractivity contribution >= 4 is 17.4 Å². The van der Waals surface area contributed by atoms with Gasteiger partial charge in [-0.3, -0.25) is 4.90 Å². The highest BCUT2D eigenvalue weighted by Gasteiger charge is 2.37. The van der Waals surface area contributed by atoms with Crippen molar-refractivity contribution in [2.75, 3.05) is 38.6 Å². The molecule has 10 heteroatoms. The predicted molar refractivity (Wildman–Crippen MR) is 143 cm³/mol. The fourth-order valence-electron chi connectivity index (χ4n) is 4.86. The minimum Gasteiger partial charge on any atom is -0.494 e. The van der Waals surface area contributed by atoms with E-state index in [0.29, 0.717) is 59.4 Å². The van der Waals surface area contributed by atoms with Crippen molar-refractivity contribution in [1.82, 2.24) is 25.3 Å². The Morgan fingerprint density at radius 2 is 2.05 bits per heavy atom. The largest absolute Gasteiger partial charge is 0.494 e. The van der Waals surface area contributed by atoms with Gasteiger partial charge in [-0.15, -0.1) is 0 Å². The van der Waals surface area contributed by atoms with Crippen LogP contribution in [0.1, 0.15) is 37.1 Å². The Morgan fingerprint density at radius 3 is 2.76 bits per heavy atom. The van der Waals surface area contributed by atoms with Gasteiger partial charge in [0, 0.05) is 24.7 Å². The van der Waals surface area contributed by atoms with E-state index in [9.17, 15) is 0 Å². The molecule has 2 N–H and O–H groups in total. The van der Waals surface area contributed by atoms with Crippen molar-refractivity contribution < 1.29 is 13.7 Å². The Labute approximate surface area is 221 Å². The number of rotatable bonds is 10. The summed E-state index contributed by atoms with van der Waals surface area (Å²) in [4.78, 5) is 11.8. The molecule has 5 rings (SSSR count). The van der Waals surface area contributed by atoms with Gasteiger partial charge in [-0.05, 0) is 65.3 Å². The van der Waals surface area contributed by atoms with E-state index in [1.54, 1.807) is 0 Å². The maximum absolute atomic E-state index is 15.2. The van der Waals surface area contributed by atoms with Gasteiger partial charge in [-0.25, -0.2) is 14.4 Å². The number of ether oxygens (including phenoxy) is 1. The number of anilines is 1. The molecule has 0 amide bonds. The van der Waals surface area contributed by atoms with Gasteiger partial charge in [0.25, 0.3) is 0 Å². The fraction of sp³-hybridized carbons (Fsp3) is 0.519. The van der Waals surface area contributed by atoms with Gasteiger partial charge in [-0.1, -0.05) is 28.9 Å². The summed E-state index contributed by atoms with van der Waals surface area (Å²) in [6.45, 7) is 6.45. The van der Waals surface area contributed by atoms with Crippen molar-refractivity contribution in [2.45, 2.75) is 57.8 Å². The zero-order valence-electron chi connectivity index (χ0n) is 21.6. The lowest BCUT2D eigenvalue weighted by atomic mass is 10.0. The van der Waals surface area contributed by atoms with Crippen molar-refractivity contribution in [3.05, 3.63) is 40.7 Å². The lowest BCUT2D eigenvalue weighted by Gasteiger charge is -2.35. The Balaban J connectivity index is 1.47. The third-order valence-electron chi connectivity index (χ3n) is 7.01. The number of likely N-dealkylation sites (tertiary alicyclic amines) is 1. The number of alkyl halides is 1. The third kappa shape index (κ3) is 5.89. The van der Waals surface area contributed by atoms with Gasteiger partial charge in [-0.2, -0.15) is 0 Å². The molecule has 3 heterocycles. The minimum atomic E-state index is -1.01. The Morgan fingerprint density at radius 1 is 1.22 bits per heavy atom. The van der Waals surface area contributed by atoms with Crippen LogP contribution in [0.4, 0.5) is 10.2 Å². The SMILES string of the molecule is CNCCCOc1cccc(-c2nc(NC3CCN(C4CC4)CC3F)c(Cl)c(-c3c(C)noc3C)n2)c1. The van der Waals surface area contributed by atoms with Crippen LogP contribution in [0.5, 0.6) is 5.75 Å². The molecule has 0 spiro atoms. The summed E-state index contributed by atoms with van der Waals surface area (Å²) < 4.78 is 26.5. The van der Waals surface area contributed by atoms with Crippen LogP contribution < -0.4 is 15.4 Å². The summed E-state index contributed by atoms with van der Waals surface area (Å²) in [5, 5.41) is 10.8. The molecule has 198 valence electrons. The Bertz CT molecular complexity index is 1210. The quantitative estimate of drug-likeness (QED) is 0.354. The molecule has 2 fully saturated rings. The lowest BCUT2D eigenvalue weighted by Crippen LogP contribution is -2.48. The van der Waals surface area contributed by atoms with Crippen LogP contribution in [0.25, 0.3) is 22.6 Å². The molecule has 1 saturated heterocycles. The summed E-state index contributed by atoms with van der Waals surface area (Å²) in [5.41, 5.74) is 2.69. The number of benzene rings is 1. The molecule has 2 aromatic heterocycles. The zero-order chi connectivity index (χ0) is 25.9. The van der Waals surface area contributed by atoms with E-state index in [0.717, 1.165) is 36.4 Å². The maximum Gasteiger partial charge on any atom is 0.162 e. The monoisotopic (exact) mass is 528 g/mol. The van der Waals surface area contributed by atoms with Crippen LogP contribution in [-0.4, -0.2) is 71.6 Å². The number of nitrogens with one attached hydrogen (secondary N) is 2. The molecule has 2 unspecified atom stereocenters. The molecule has 2 atom stereocenters. The molecule has 3 aromatic rings. The zero-order valence-corrected chi connectivity index (χ0v) is 22.3. The number of aromatic nitrogens is 3. The van der Waals surface area contributed by atoms with Crippen molar-refractivity contribution in [1.29, 1.82) is 0 Å². The van der Waals surface area contributed by atoms with Gasteiger partial charge < -0.3 is 19.9 Å². The first-order chi connectivity index (χ1) is 17.9. The number of hydrogen-bond acceptors (Lipinski definition) is 8. The topological polar surface area (TPSA) is 88.3 Å². The van der Waals surface area contributed by atoms with E-state index >= 15 is 4.39 Å². The Hall–Kier alpha value is -2.75. The van der Waals surface area contributed by atoms with Crippen molar-refractivity contribution in [2.24, 2.45) is 0 Å². The highest BCUT2D eigenvalue weighted by atomic mass is 35.5. The van der Waals surface area contributed by atoms with Gasteiger partial charge in [0.05, 0.1) is 23.9 Å². The highest BCUT2D eigenvalue weighted by molar-refractivity contribution is 6.35. The number of hydrogen-bond donors (Lipinski definition) is 2. The van der Waals surface area contributed by atoms with Crippen LogP contribution >= 0.6 is 11.6 Å². The van der Waals surface area contributed by atoms with Crippen molar-refractivity contribution in [3.63, 3.8) is 0 Å². The summed E-state index contributed by atoms with van der Waals surface area (Å²) in [5.74, 6) is 2.22. The molecule has 2 aliphatic rings. The minimum absolute atomic E-state index is 0.328. The normalized spacial score (nSPS) is 20.2. The second-order valence-corrected chi connectivity index (χ2v) is 10.3.